The van der Waals surface area contributed by atoms with Gasteiger partial charge in [-0.15, -0.1) is 11.8 Å². The molecule has 11 heavy (non-hydrogen) atoms. The Morgan fingerprint density at radius 3 is 1.82 bits per heavy atom. The molecule has 0 fully saturated rings. The standard InChI is InChI=1S/C9H15NS/c1-6-7(2)9(11-5)10(4)8(6)3/h1-5H3. The third-order valence-corrected chi connectivity index (χ3v) is 3.39. The monoisotopic (exact) mass is 169 g/mol. The van der Waals surface area contributed by atoms with E-state index in [4.69, 9.17) is 0 Å². The van der Waals surface area contributed by atoms with Crippen LogP contribution in [0.15, 0.2) is 5.03 Å². The summed E-state index contributed by atoms with van der Waals surface area (Å²) < 4.78 is 2.26. The van der Waals surface area contributed by atoms with Crippen molar-refractivity contribution in [2.75, 3.05) is 6.26 Å². The van der Waals surface area contributed by atoms with Crippen LogP contribution in [-0.2, 0) is 7.05 Å². The normalized spacial score (nSPS) is 10.6. The fourth-order valence-corrected chi connectivity index (χ4v) is 2.25. The summed E-state index contributed by atoms with van der Waals surface area (Å²) in [6.07, 6.45) is 2.13. The predicted molar refractivity (Wildman–Crippen MR) is 51.4 cm³/mol. The van der Waals surface area contributed by atoms with Gasteiger partial charge in [0.2, 0.25) is 0 Å². The van der Waals surface area contributed by atoms with Gasteiger partial charge in [0.15, 0.2) is 0 Å². The van der Waals surface area contributed by atoms with E-state index in [0.29, 0.717) is 0 Å². The Kier molecular flexibility index (Phi) is 2.33. The van der Waals surface area contributed by atoms with Gasteiger partial charge in [0, 0.05) is 12.7 Å². The minimum Gasteiger partial charge on any atom is -0.343 e. The van der Waals surface area contributed by atoms with Crippen LogP contribution in [0, 0.1) is 20.8 Å². The molecular formula is C9H15NS. The predicted octanol–water partition coefficient (Wildman–Crippen LogP) is 2.67. The van der Waals surface area contributed by atoms with Crippen LogP contribution >= 0.6 is 11.8 Å². The highest BCUT2D eigenvalue weighted by molar-refractivity contribution is 7.98. The highest BCUT2D eigenvalue weighted by atomic mass is 32.2. The lowest BCUT2D eigenvalue weighted by Gasteiger charge is -2.01. The first-order chi connectivity index (χ1) is 5.09. The maximum absolute atomic E-state index is 2.26. The van der Waals surface area contributed by atoms with Gasteiger partial charge in [0.05, 0.1) is 5.03 Å². The zero-order valence-corrected chi connectivity index (χ0v) is 8.67. The van der Waals surface area contributed by atoms with Gasteiger partial charge in [-0.05, 0) is 38.2 Å². The highest BCUT2D eigenvalue weighted by Gasteiger charge is 2.09. The first-order valence-corrected chi connectivity index (χ1v) is 4.98. The molecule has 62 valence electrons. The summed E-state index contributed by atoms with van der Waals surface area (Å²) in [6.45, 7) is 6.54. The molecule has 1 aromatic rings. The summed E-state index contributed by atoms with van der Waals surface area (Å²) >= 11 is 1.82. The van der Waals surface area contributed by atoms with Gasteiger partial charge in [-0.1, -0.05) is 0 Å². The van der Waals surface area contributed by atoms with E-state index in [1.165, 1.54) is 21.8 Å². The number of thioether (sulfide) groups is 1. The summed E-state index contributed by atoms with van der Waals surface area (Å²) in [4.78, 5) is 0. The number of nitrogens with zero attached hydrogens (tertiary/aromatic N) is 1. The highest BCUT2D eigenvalue weighted by Crippen LogP contribution is 2.26. The lowest BCUT2D eigenvalue weighted by molar-refractivity contribution is 0.789. The van der Waals surface area contributed by atoms with Crippen LogP contribution in [0.1, 0.15) is 16.8 Å². The second-order valence-electron chi connectivity index (χ2n) is 2.90. The molecule has 0 amide bonds. The maximum Gasteiger partial charge on any atom is 0.0777 e. The molecule has 0 spiro atoms. The van der Waals surface area contributed by atoms with Gasteiger partial charge in [-0.25, -0.2) is 0 Å². The minimum atomic E-state index is 1.38. The van der Waals surface area contributed by atoms with Crippen molar-refractivity contribution in [3.63, 3.8) is 0 Å². The molecule has 0 bridgehead atoms. The Morgan fingerprint density at radius 1 is 1.09 bits per heavy atom. The van der Waals surface area contributed by atoms with Crippen LogP contribution in [-0.4, -0.2) is 10.8 Å². The lowest BCUT2D eigenvalue weighted by atomic mass is 10.2. The topological polar surface area (TPSA) is 4.93 Å². The van der Waals surface area contributed by atoms with E-state index < -0.39 is 0 Å². The van der Waals surface area contributed by atoms with E-state index in [1.807, 2.05) is 11.8 Å². The van der Waals surface area contributed by atoms with E-state index in [1.54, 1.807) is 0 Å². The Balaban J connectivity index is 3.36. The number of rotatable bonds is 1. The molecule has 0 N–H and O–H groups in total. The van der Waals surface area contributed by atoms with Crippen molar-refractivity contribution in [3.8, 4) is 0 Å². The average Bonchev–Trinajstić information content (AvgIpc) is 2.17. The maximum atomic E-state index is 2.26. The van der Waals surface area contributed by atoms with Crippen LogP contribution in [0.5, 0.6) is 0 Å². The molecule has 1 nitrogen and oxygen atoms in total. The Morgan fingerprint density at radius 2 is 1.64 bits per heavy atom. The second kappa shape index (κ2) is 2.94. The molecule has 0 aliphatic carbocycles. The number of aromatic nitrogens is 1. The van der Waals surface area contributed by atoms with Gasteiger partial charge in [0.1, 0.15) is 0 Å². The smallest absolute Gasteiger partial charge is 0.0777 e. The summed E-state index contributed by atoms with van der Waals surface area (Å²) in [5, 5.41) is 1.39. The van der Waals surface area contributed by atoms with E-state index in [2.05, 4.69) is 38.6 Å². The second-order valence-corrected chi connectivity index (χ2v) is 3.70. The Bertz CT molecular complexity index is 248. The molecule has 0 aromatic carbocycles. The first kappa shape index (κ1) is 8.72. The summed E-state index contributed by atoms with van der Waals surface area (Å²) in [6, 6.07) is 0. The summed E-state index contributed by atoms with van der Waals surface area (Å²) in [7, 11) is 2.13. The zero-order valence-electron chi connectivity index (χ0n) is 7.86. The van der Waals surface area contributed by atoms with Crippen molar-refractivity contribution in [1.82, 2.24) is 4.57 Å². The largest absolute Gasteiger partial charge is 0.343 e. The van der Waals surface area contributed by atoms with E-state index in [9.17, 15) is 0 Å². The SMILES string of the molecule is CSc1c(C)c(C)c(C)n1C. The number of hydrogen-bond donors (Lipinski definition) is 0. The molecule has 0 atom stereocenters. The Labute approximate surface area is 72.8 Å². The summed E-state index contributed by atoms with van der Waals surface area (Å²) in [5.74, 6) is 0. The summed E-state index contributed by atoms with van der Waals surface area (Å²) in [5.41, 5.74) is 4.24. The van der Waals surface area contributed by atoms with Crippen LogP contribution in [0.4, 0.5) is 0 Å². The lowest BCUT2D eigenvalue weighted by Crippen LogP contribution is -1.92. The van der Waals surface area contributed by atoms with Crippen molar-refractivity contribution in [2.45, 2.75) is 25.8 Å². The first-order valence-electron chi connectivity index (χ1n) is 3.76. The third kappa shape index (κ3) is 1.20. The molecule has 0 saturated carbocycles. The molecule has 1 heterocycles. The average molecular weight is 169 g/mol. The molecule has 1 aromatic heterocycles. The van der Waals surface area contributed by atoms with Crippen LogP contribution in [0.3, 0.4) is 0 Å². The van der Waals surface area contributed by atoms with Gasteiger partial charge >= 0.3 is 0 Å². The van der Waals surface area contributed by atoms with Crippen molar-refractivity contribution in [3.05, 3.63) is 16.8 Å². The van der Waals surface area contributed by atoms with Crippen molar-refractivity contribution < 1.29 is 0 Å². The Hall–Kier alpha value is -0.370. The molecule has 1 rings (SSSR count). The van der Waals surface area contributed by atoms with Gasteiger partial charge in [-0.2, -0.15) is 0 Å². The van der Waals surface area contributed by atoms with Gasteiger partial charge < -0.3 is 4.57 Å². The van der Waals surface area contributed by atoms with E-state index in [-0.39, 0.29) is 0 Å². The van der Waals surface area contributed by atoms with Gasteiger partial charge in [-0.3, -0.25) is 0 Å². The van der Waals surface area contributed by atoms with Crippen molar-refractivity contribution in [2.24, 2.45) is 7.05 Å². The fourth-order valence-electron chi connectivity index (χ4n) is 1.38. The molecule has 0 radical (unpaired) electrons. The minimum absolute atomic E-state index is 1.38. The van der Waals surface area contributed by atoms with E-state index >= 15 is 0 Å². The quantitative estimate of drug-likeness (QED) is 0.585. The van der Waals surface area contributed by atoms with E-state index in [0.717, 1.165) is 0 Å². The number of hydrogen-bond acceptors (Lipinski definition) is 1. The fraction of sp³-hybridized carbons (Fsp3) is 0.556. The molecule has 2 heteroatoms. The molecule has 0 unspecified atom stereocenters. The van der Waals surface area contributed by atoms with Gasteiger partial charge in [0.25, 0.3) is 0 Å². The van der Waals surface area contributed by atoms with Crippen LogP contribution < -0.4 is 0 Å². The molecule has 0 saturated heterocycles. The molecule has 0 aliphatic rings. The third-order valence-electron chi connectivity index (χ3n) is 2.43. The zero-order chi connectivity index (χ0) is 8.59. The van der Waals surface area contributed by atoms with Crippen LogP contribution in [0.2, 0.25) is 0 Å². The van der Waals surface area contributed by atoms with Crippen molar-refractivity contribution in [1.29, 1.82) is 0 Å². The molecule has 0 aliphatic heterocycles. The van der Waals surface area contributed by atoms with Crippen molar-refractivity contribution >= 4 is 11.8 Å². The van der Waals surface area contributed by atoms with Crippen LogP contribution in [0.25, 0.3) is 0 Å². The molecular weight excluding hydrogens is 154 g/mol.